The average molecular weight is 327 g/mol. The number of aromatic carboxylic acids is 1. The van der Waals surface area contributed by atoms with Crippen molar-refractivity contribution in [1.82, 2.24) is 14.4 Å². The van der Waals surface area contributed by atoms with Gasteiger partial charge in [0.15, 0.2) is 0 Å². The summed E-state index contributed by atoms with van der Waals surface area (Å²) in [4.78, 5) is 29.3. The molecule has 0 saturated carbocycles. The van der Waals surface area contributed by atoms with Crippen molar-refractivity contribution in [1.29, 1.82) is 0 Å². The summed E-state index contributed by atoms with van der Waals surface area (Å²) in [6, 6.07) is 11.9. The summed E-state index contributed by atoms with van der Waals surface area (Å²) in [5.74, 6) is -1.15. The molecule has 2 N–H and O–H groups in total. The van der Waals surface area contributed by atoms with Crippen LogP contribution in [0.15, 0.2) is 53.5 Å². The molecule has 24 heavy (non-hydrogen) atoms. The molecule has 0 fully saturated rings. The second kappa shape index (κ2) is 6.69. The highest BCUT2D eigenvalue weighted by molar-refractivity contribution is 5.87. The van der Waals surface area contributed by atoms with Crippen molar-refractivity contribution in [3.63, 3.8) is 0 Å². The predicted octanol–water partition coefficient (Wildman–Crippen LogP) is 1.83. The van der Waals surface area contributed by atoms with Crippen molar-refractivity contribution in [2.75, 3.05) is 6.61 Å². The highest BCUT2D eigenvalue weighted by atomic mass is 16.6. The van der Waals surface area contributed by atoms with E-state index in [2.05, 4.69) is 5.48 Å². The first-order valence-corrected chi connectivity index (χ1v) is 7.52. The van der Waals surface area contributed by atoms with Crippen molar-refractivity contribution in [2.24, 2.45) is 0 Å². The molecule has 0 amide bonds. The van der Waals surface area contributed by atoms with Gasteiger partial charge in [0.25, 0.3) is 0 Å². The smallest absolute Gasteiger partial charge is 0.353 e. The van der Waals surface area contributed by atoms with E-state index in [0.717, 1.165) is 5.56 Å². The van der Waals surface area contributed by atoms with Gasteiger partial charge in [-0.05, 0) is 42.8 Å². The largest absolute Gasteiger partial charge is 0.477 e. The van der Waals surface area contributed by atoms with Crippen molar-refractivity contribution in [3.05, 3.63) is 70.4 Å². The van der Waals surface area contributed by atoms with Gasteiger partial charge in [0, 0.05) is 12.7 Å². The molecule has 2 aromatic heterocycles. The molecule has 0 spiro atoms. The Balaban J connectivity index is 2.05. The van der Waals surface area contributed by atoms with Gasteiger partial charge in [-0.1, -0.05) is 12.1 Å². The van der Waals surface area contributed by atoms with Crippen LogP contribution in [-0.2, 0) is 11.4 Å². The van der Waals surface area contributed by atoms with Crippen molar-refractivity contribution < 1.29 is 14.7 Å². The minimum absolute atomic E-state index is 0.0774. The summed E-state index contributed by atoms with van der Waals surface area (Å²) in [5.41, 5.74) is 4.31. The van der Waals surface area contributed by atoms with E-state index in [4.69, 9.17) is 4.84 Å². The molecule has 7 heteroatoms. The molecule has 3 aromatic rings. The van der Waals surface area contributed by atoms with Gasteiger partial charge >= 0.3 is 11.7 Å². The van der Waals surface area contributed by atoms with Gasteiger partial charge in [-0.2, -0.15) is 5.48 Å². The number of carboxylic acids is 1. The lowest BCUT2D eigenvalue weighted by Crippen LogP contribution is -2.29. The molecule has 0 aliphatic rings. The zero-order valence-electron chi connectivity index (χ0n) is 13.1. The maximum atomic E-state index is 12.6. The lowest BCUT2D eigenvalue weighted by molar-refractivity contribution is 0.0463. The van der Waals surface area contributed by atoms with Crippen LogP contribution in [0, 0.1) is 0 Å². The molecule has 7 nitrogen and oxygen atoms in total. The lowest BCUT2D eigenvalue weighted by atomic mass is 10.2. The molecule has 1 aromatic carbocycles. The molecule has 0 unspecified atom stereocenters. The summed E-state index contributed by atoms with van der Waals surface area (Å²) in [7, 11) is 0. The zero-order valence-corrected chi connectivity index (χ0v) is 13.1. The molecule has 3 rings (SSSR count). The van der Waals surface area contributed by atoms with E-state index in [1.165, 1.54) is 15.0 Å². The van der Waals surface area contributed by atoms with E-state index in [1.54, 1.807) is 30.5 Å². The minimum atomic E-state index is -1.15. The SMILES string of the molecule is CCONCc1ccc(-n2c(C(=O)O)cc3cccn3c2=O)cc1. The fourth-order valence-corrected chi connectivity index (χ4v) is 2.51. The maximum absolute atomic E-state index is 12.6. The van der Waals surface area contributed by atoms with E-state index in [-0.39, 0.29) is 5.69 Å². The molecule has 0 aliphatic carbocycles. The molecule has 0 atom stereocenters. The van der Waals surface area contributed by atoms with E-state index >= 15 is 0 Å². The lowest BCUT2D eigenvalue weighted by Gasteiger charge is -2.12. The third kappa shape index (κ3) is 2.94. The van der Waals surface area contributed by atoms with Crippen molar-refractivity contribution in [2.45, 2.75) is 13.5 Å². The summed E-state index contributed by atoms with van der Waals surface area (Å²) in [5, 5.41) is 9.45. The Hall–Kier alpha value is -2.90. The van der Waals surface area contributed by atoms with Crippen molar-refractivity contribution >= 4 is 11.5 Å². The van der Waals surface area contributed by atoms with E-state index in [0.29, 0.717) is 24.4 Å². The van der Waals surface area contributed by atoms with E-state index < -0.39 is 11.7 Å². The number of nitrogens with zero attached hydrogens (tertiary/aromatic N) is 2. The van der Waals surface area contributed by atoms with Gasteiger partial charge in [0.05, 0.1) is 17.8 Å². The maximum Gasteiger partial charge on any atom is 0.353 e. The first kappa shape index (κ1) is 16.0. The average Bonchev–Trinajstić information content (AvgIpc) is 3.05. The Morgan fingerprint density at radius 2 is 2.00 bits per heavy atom. The highest BCUT2D eigenvalue weighted by Crippen LogP contribution is 2.13. The van der Waals surface area contributed by atoms with Gasteiger partial charge in [-0.3, -0.25) is 8.97 Å². The number of hydrogen-bond acceptors (Lipinski definition) is 4. The Morgan fingerprint density at radius 3 is 2.67 bits per heavy atom. The standard InChI is InChI=1S/C17H17N3O4/c1-2-24-18-11-12-5-7-13(8-6-12)20-15(16(21)22)10-14-4-3-9-19(14)17(20)23/h3-10,18H,2,11H2,1H3,(H,21,22). The van der Waals surface area contributed by atoms with Crippen LogP contribution in [0.5, 0.6) is 0 Å². The monoisotopic (exact) mass is 327 g/mol. The van der Waals surface area contributed by atoms with Crippen LogP contribution in [0.2, 0.25) is 0 Å². The summed E-state index contributed by atoms with van der Waals surface area (Å²) in [6.45, 7) is 2.96. The zero-order chi connectivity index (χ0) is 17.1. The van der Waals surface area contributed by atoms with Gasteiger partial charge in [0.1, 0.15) is 5.69 Å². The Morgan fingerprint density at radius 1 is 1.25 bits per heavy atom. The molecule has 0 saturated heterocycles. The van der Waals surface area contributed by atoms with Gasteiger partial charge in [-0.15, -0.1) is 0 Å². The van der Waals surface area contributed by atoms with E-state index in [1.807, 2.05) is 19.1 Å². The van der Waals surface area contributed by atoms with Crippen LogP contribution < -0.4 is 11.2 Å². The number of rotatable bonds is 6. The van der Waals surface area contributed by atoms with Crippen LogP contribution in [-0.4, -0.2) is 26.7 Å². The topological polar surface area (TPSA) is 85.0 Å². The molecule has 0 radical (unpaired) electrons. The minimum Gasteiger partial charge on any atom is -0.477 e. The normalized spacial score (nSPS) is 11.0. The second-order valence-corrected chi connectivity index (χ2v) is 5.18. The molecule has 124 valence electrons. The van der Waals surface area contributed by atoms with Gasteiger partial charge in [0.2, 0.25) is 0 Å². The number of hydroxylamine groups is 1. The number of fused-ring (bicyclic) bond motifs is 1. The fourth-order valence-electron chi connectivity index (χ4n) is 2.51. The highest BCUT2D eigenvalue weighted by Gasteiger charge is 2.16. The number of carboxylic acid groups (broad SMARTS) is 1. The van der Waals surface area contributed by atoms with Crippen LogP contribution in [0.1, 0.15) is 23.0 Å². The number of nitrogens with one attached hydrogen (secondary N) is 1. The molecule has 0 bridgehead atoms. The Bertz CT molecular complexity index is 925. The van der Waals surface area contributed by atoms with Gasteiger partial charge in [-0.25, -0.2) is 9.59 Å². The summed E-state index contributed by atoms with van der Waals surface area (Å²) in [6.07, 6.45) is 1.61. The Labute approximate surface area is 137 Å². The first-order valence-electron chi connectivity index (χ1n) is 7.52. The summed E-state index contributed by atoms with van der Waals surface area (Å²) < 4.78 is 2.60. The quantitative estimate of drug-likeness (QED) is 0.533. The second-order valence-electron chi connectivity index (χ2n) is 5.18. The predicted molar refractivity (Wildman–Crippen MR) is 88.4 cm³/mol. The fraction of sp³-hybridized carbons (Fsp3) is 0.176. The van der Waals surface area contributed by atoms with Crippen LogP contribution in [0.4, 0.5) is 0 Å². The molecule has 0 aliphatic heterocycles. The number of benzene rings is 1. The summed E-state index contributed by atoms with van der Waals surface area (Å²) >= 11 is 0. The van der Waals surface area contributed by atoms with Crippen LogP contribution >= 0.6 is 0 Å². The molecular formula is C17H17N3O4. The number of carbonyl (C=O) groups is 1. The first-order chi connectivity index (χ1) is 11.6. The number of hydrogen-bond donors (Lipinski definition) is 2. The Kier molecular flexibility index (Phi) is 4.45. The van der Waals surface area contributed by atoms with Crippen LogP contribution in [0.25, 0.3) is 11.2 Å². The van der Waals surface area contributed by atoms with Gasteiger partial charge < -0.3 is 9.94 Å². The van der Waals surface area contributed by atoms with Crippen molar-refractivity contribution in [3.8, 4) is 5.69 Å². The third-order valence-electron chi connectivity index (χ3n) is 3.64. The third-order valence-corrected chi connectivity index (χ3v) is 3.64. The van der Waals surface area contributed by atoms with E-state index in [9.17, 15) is 14.7 Å². The molecule has 2 heterocycles. The number of aromatic nitrogens is 2. The molecular weight excluding hydrogens is 310 g/mol. The van der Waals surface area contributed by atoms with Crippen LogP contribution in [0.3, 0.4) is 0 Å².